The third-order valence-electron chi connectivity index (χ3n) is 3.18. The number of rotatable bonds is 3. The normalized spacial score (nSPS) is 18.3. The quantitative estimate of drug-likeness (QED) is 0.887. The second kappa shape index (κ2) is 4.00. The Balaban J connectivity index is 2.04. The van der Waals surface area contributed by atoms with Crippen LogP contribution in [0.4, 0.5) is 11.4 Å². The molecule has 0 saturated heterocycles. The maximum atomic E-state index is 5.86. The van der Waals surface area contributed by atoms with Crippen molar-refractivity contribution in [1.82, 2.24) is 4.98 Å². The maximum absolute atomic E-state index is 5.86. The van der Waals surface area contributed by atoms with Gasteiger partial charge in [-0.05, 0) is 34.2 Å². The molecule has 1 aliphatic carbocycles. The monoisotopic (exact) mass is 269 g/mol. The minimum atomic E-state index is 0.454. The van der Waals surface area contributed by atoms with E-state index < -0.39 is 0 Å². The first-order valence-corrected chi connectivity index (χ1v) is 6.03. The number of halogens is 1. The van der Waals surface area contributed by atoms with Crippen LogP contribution in [0.3, 0.4) is 0 Å². The lowest BCUT2D eigenvalue weighted by atomic mass is 9.70. The number of nitrogens with one attached hydrogen (secondary N) is 1. The zero-order chi connectivity index (χ0) is 10.9. The number of nitrogens with zero attached hydrogens (tertiary/aromatic N) is 1. The standard InChI is InChI=1S/C11H16BrN3/c1-11(3-2-4-11)7-15-10-8(12)5-14-6-9(10)13/h5-6H,2-4,7,13H2,1H3,(H,14,15). The molecule has 15 heavy (non-hydrogen) atoms. The van der Waals surface area contributed by atoms with Crippen LogP contribution in [0, 0.1) is 5.41 Å². The van der Waals surface area contributed by atoms with Crippen LogP contribution in [0.25, 0.3) is 0 Å². The number of hydrogen-bond acceptors (Lipinski definition) is 3. The third-order valence-corrected chi connectivity index (χ3v) is 3.78. The van der Waals surface area contributed by atoms with Crippen LogP contribution in [0.2, 0.25) is 0 Å². The van der Waals surface area contributed by atoms with Gasteiger partial charge in [-0.1, -0.05) is 13.3 Å². The molecule has 0 bridgehead atoms. The molecule has 0 radical (unpaired) electrons. The van der Waals surface area contributed by atoms with Crippen LogP contribution in [-0.2, 0) is 0 Å². The van der Waals surface area contributed by atoms with Crippen molar-refractivity contribution < 1.29 is 0 Å². The average Bonchev–Trinajstić information content (AvgIpc) is 2.14. The highest BCUT2D eigenvalue weighted by molar-refractivity contribution is 9.10. The summed E-state index contributed by atoms with van der Waals surface area (Å²) in [5.41, 5.74) is 7.98. The molecule has 1 aromatic heterocycles. The second-order valence-corrected chi connectivity index (χ2v) is 5.46. The van der Waals surface area contributed by atoms with Gasteiger partial charge in [0.05, 0.1) is 22.0 Å². The summed E-state index contributed by atoms with van der Waals surface area (Å²) >= 11 is 3.45. The van der Waals surface area contributed by atoms with Crippen LogP contribution in [0.5, 0.6) is 0 Å². The highest BCUT2D eigenvalue weighted by atomic mass is 79.9. The highest BCUT2D eigenvalue weighted by Crippen LogP contribution is 2.41. The molecule has 4 heteroatoms. The van der Waals surface area contributed by atoms with Crippen molar-refractivity contribution in [2.45, 2.75) is 26.2 Å². The minimum absolute atomic E-state index is 0.454. The van der Waals surface area contributed by atoms with Gasteiger partial charge in [0.1, 0.15) is 0 Å². The van der Waals surface area contributed by atoms with Gasteiger partial charge in [0.25, 0.3) is 0 Å². The first kappa shape index (κ1) is 10.7. The summed E-state index contributed by atoms with van der Waals surface area (Å²) < 4.78 is 0.936. The summed E-state index contributed by atoms with van der Waals surface area (Å²) in [5, 5.41) is 3.41. The van der Waals surface area contributed by atoms with E-state index in [1.807, 2.05) is 0 Å². The van der Waals surface area contributed by atoms with Gasteiger partial charge in [-0.3, -0.25) is 4.98 Å². The van der Waals surface area contributed by atoms with Crippen LogP contribution in [-0.4, -0.2) is 11.5 Å². The SMILES string of the molecule is CC1(CNc2c(N)cncc2Br)CCC1. The molecule has 1 heterocycles. The van der Waals surface area contributed by atoms with Crippen molar-refractivity contribution in [3.05, 3.63) is 16.9 Å². The van der Waals surface area contributed by atoms with E-state index >= 15 is 0 Å². The van der Waals surface area contributed by atoms with Gasteiger partial charge in [-0.2, -0.15) is 0 Å². The van der Waals surface area contributed by atoms with Gasteiger partial charge in [-0.15, -0.1) is 0 Å². The van der Waals surface area contributed by atoms with Gasteiger partial charge in [0.15, 0.2) is 0 Å². The van der Waals surface area contributed by atoms with Gasteiger partial charge in [-0.25, -0.2) is 0 Å². The van der Waals surface area contributed by atoms with Gasteiger partial charge >= 0.3 is 0 Å². The van der Waals surface area contributed by atoms with Crippen molar-refractivity contribution in [2.75, 3.05) is 17.6 Å². The number of nitrogen functional groups attached to an aromatic ring is 1. The van der Waals surface area contributed by atoms with E-state index in [4.69, 9.17) is 5.73 Å². The van der Waals surface area contributed by atoms with Gasteiger partial charge in [0, 0.05) is 12.7 Å². The molecule has 1 aliphatic rings. The predicted octanol–water partition coefficient (Wildman–Crippen LogP) is 3.03. The molecule has 0 spiro atoms. The lowest BCUT2D eigenvalue weighted by Gasteiger charge is -2.38. The fourth-order valence-electron chi connectivity index (χ4n) is 1.90. The zero-order valence-corrected chi connectivity index (χ0v) is 10.5. The Morgan fingerprint density at radius 1 is 1.53 bits per heavy atom. The minimum Gasteiger partial charge on any atom is -0.396 e. The van der Waals surface area contributed by atoms with E-state index in [1.54, 1.807) is 12.4 Å². The fraction of sp³-hybridized carbons (Fsp3) is 0.545. The topological polar surface area (TPSA) is 50.9 Å². The van der Waals surface area contributed by atoms with Gasteiger partial charge in [0.2, 0.25) is 0 Å². The highest BCUT2D eigenvalue weighted by Gasteiger charge is 2.31. The molecule has 0 aromatic carbocycles. The Bertz CT molecular complexity index is 341. The van der Waals surface area contributed by atoms with Crippen molar-refractivity contribution in [1.29, 1.82) is 0 Å². The van der Waals surface area contributed by atoms with Crippen LogP contribution >= 0.6 is 15.9 Å². The molecule has 1 aromatic rings. The van der Waals surface area contributed by atoms with Gasteiger partial charge < -0.3 is 11.1 Å². The molecule has 82 valence electrons. The fourth-order valence-corrected chi connectivity index (χ4v) is 2.38. The summed E-state index contributed by atoms with van der Waals surface area (Å²) in [7, 11) is 0. The van der Waals surface area contributed by atoms with E-state index in [9.17, 15) is 0 Å². The number of nitrogens with two attached hydrogens (primary N) is 1. The van der Waals surface area contributed by atoms with Crippen LogP contribution in [0.1, 0.15) is 26.2 Å². The second-order valence-electron chi connectivity index (χ2n) is 4.60. The van der Waals surface area contributed by atoms with Crippen LogP contribution in [0.15, 0.2) is 16.9 Å². The molecule has 0 atom stereocenters. The van der Waals surface area contributed by atoms with Crippen LogP contribution < -0.4 is 11.1 Å². The zero-order valence-electron chi connectivity index (χ0n) is 8.89. The Morgan fingerprint density at radius 2 is 2.27 bits per heavy atom. The molecular formula is C11H16BrN3. The van der Waals surface area contributed by atoms with E-state index in [-0.39, 0.29) is 0 Å². The molecular weight excluding hydrogens is 254 g/mol. The first-order chi connectivity index (χ1) is 7.11. The largest absolute Gasteiger partial charge is 0.396 e. The summed E-state index contributed by atoms with van der Waals surface area (Å²) in [5.74, 6) is 0. The molecule has 2 rings (SSSR count). The first-order valence-electron chi connectivity index (χ1n) is 5.24. The Morgan fingerprint density at radius 3 is 2.80 bits per heavy atom. The summed E-state index contributed by atoms with van der Waals surface area (Å²) in [6.45, 7) is 3.30. The van der Waals surface area contributed by atoms with Crippen molar-refractivity contribution >= 4 is 27.3 Å². The average molecular weight is 270 g/mol. The molecule has 0 aliphatic heterocycles. The Kier molecular flexibility index (Phi) is 2.87. The number of pyridine rings is 1. The maximum Gasteiger partial charge on any atom is 0.0750 e. The number of hydrogen-bond donors (Lipinski definition) is 2. The Hall–Kier alpha value is -0.770. The number of aromatic nitrogens is 1. The lowest BCUT2D eigenvalue weighted by Crippen LogP contribution is -2.33. The van der Waals surface area contributed by atoms with Crippen molar-refractivity contribution in [2.24, 2.45) is 5.41 Å². The Labute approximate surface area is 98.6 Å². The summed E-state index contributed by atoms with van der Waals surface area (Å²) in [6.07, 6.45) is 7.41. The molecule has 3 N–H and O–H groups in total. The number of anilines is 2. The van der Waals surface area contributed by atoms with Crippen molar-refractivity contribution in [3.63, 3.8) is 0 Å². The third kappa shape index (κ3) is 2.25. The van der Waals surface area contributed by atoms with E-state index in [0.717, 1.165) is 16.7 Å². The molecule has 0 unspecified atom stereocenters. The van der Waals surface area contributed by atoms with E-state index in [2.05, 4.69) is 33.2 Å². The molecule has 1 fully saturated rings. The predicted molar refractivity (Wildman–Crippen MR) is 66.8 cm³/mol. The van der Waals surface area contributed by atoms with E-state index in [0.29, 0.717) is 11.1 Å². The van der Waals surface area contributed by atoms with E-state index in [1.165, 1.54) is 19.3 Å². The molecule has 1 saturated carbocycles. The van der Waals surface area contributed by atoms with Crippen molar-refractivity contribution in [3.8, 4) is 0 Å². The molecule has 3 nitrogen and oxygen atoms in total. The lowest BCUT2D eigenvalue weighted by molar-refractivity contribution is 0.180. The smallest absolute Gasteiger partial charge is 0.0750 e. The molecule has 0 amide bonds. The summed E-state index contributed by atoms with van der Waals surface area (Å²) in [4.78, 5) is 4.01. The summed E-state index contributed by atoms with van der Waals surface area (Å²) in [6, 6.07) is 0.